The van der Waals surface area contributed by atoms with Crippen molar-refractivity contribution in [2.75, 3.05) is 0 Å². The summed E-state index contributed by atoms with van der Waals surface area (Å²) in [6, 6.07) is 0. The lowest BCUT2D eigenvalue weighted by atomic mass is 10.1. The van der Waals surface area contributed by atoms with E-state index < -0.39 is 0 Å². The fourth-order valence-corrected chi connectivity index (χ4v) is 1.26. The van der Waals surface area contributed by atoms with E-state index in [4.69, 9.17) is 0 Å². The van der Waals surface area contributed by atoms with Gasteiger partial charge in [0.05, 0.1) is 5.57 Å². The Morgan fingerprint density at radius 3 is 2.82 bits per heavy atom. The fourth-order valence-electron chi connectivity index (χ4n) is 1.26. The SMILES string of the molecule is CC(=O)C1=CCCCCC1=O. The molecule has 0 aliphatic heterocycles. The van der Waals surface area contributed by atoms with Crippen LogP contribution in [0, 0.1) is 0 Å². The molecule has 0 spiro atoms. The van der Waals surface area contributed by atoms with Crippen molar-refractivity contribution in [1.29, 1.82) is 0 Å². The van der Waals surface area contributed by atoms with E-state index in [9.17, 15) is 9.59 Å². The van der Waals surface area contributed by atoms with Crippen molar-refractivity contribution in [3.05, 3.63) is 11.6 Å². The number of carbonyl (C=O) groups is 2. The van der Waals surface area contributed by atoms with Gasteiger partial charge < -0.3 is 0 Å². The lowest BCUT2D eigenvalue weighted by molar-refractivity contribution is -0.120. The van der Waals surface area contributed by atoms with Crippen molar-refractivity contribution in [2.45, 2.75) is 32.6 Å². The van der Waals surface area contributed by atoms with Crippen LogP contribution in [0.2, 0.25) is 0 Å². The normalized spacial score (nSPS) is 19.0. The standard InChI is InChI=1S/C9H12O2/c1-7(10)8-5-3-2-4-6-9(8)11/h5H,2-4,6H2,1H3. The van der Waals surface area contributed by atoms with Gasteiger partial charge in [-0.1, -0.05) is 6.08 Å². The largest absolute Gasteiger partial charge is 0.294 e. The van der Waals surface area contributed by atoms with Crippen molar-refractivity contribution in [3.63, 3.8) is 0 Å². The predicted octanol–water partition coefficient (Wildman–Crippen LogP) is 1.64. The molecule has 1 rings (SSSR count). The molecule has 0 atom stereocenters. The van der Waals surface area contributed by atoms with Crippen molar-refractivity contribution < 1.29 is 9.59 Å². The molecule has 0 saturated carbocycles. The monoisotopic (exact) mass is 152 g/mol. The van der Waals surface area contributed by atoms with Crippen LogP contribution in [0.3, 0.4) is 0 Å². The summed E-state index contributed by atoms with van der Waals surface area (Å²) in [6.07, 6.45) is 5.15. The second-order valence-electron chi connectivity index (χ2n) is 2.84. The van der Waals surface area contributed by atoms with Gasteiger partial charge in [0.15, 0.2) is 11.6 Å². The minimum absolute atomic E-state index is 0.0231. The van der Waals surface area contributed by atoms with E-state index in [0.717, 1.165) is 19.3 Å². The molecule has 60 valence electrons. The minimum atomic E-state index is -0.0862. The van der Waals surface area contributed by atoms with Gasteiger partial charge in [-0.15, -0.1) is 0 Å². The molecule has 1 aliphatic rings. The molecule has 0 aromatic heterocycles. The number of hydrogen-bond acceptors (Lipinski definition) is 2. The third-order valence-corrected chi connectivity index (χ3v) is 1.89. The highest BCUT2D eigenvalue weighted by atomic mass is 16.1. The Kier molecular flexibility index (Phi) is 2.58. The first-order valence-corrected chi connectivity index (χ1v) is 3.96. The Labute approximate surface area is 66.3 Å². The predicted molar refractivity (Wildman–Crippen MR) is 42.2 cm³/mol. The van der Waals surface area contributed by atoms with Crippen LogP contribution in [0.5, 0.6) is 0 Å². The van der Waals surface area contributed by atoms with E-state index in [1.807, 2.05) is 0 Å². The third-order valence-electron chi connectivity index (χ3n) is 1.89. The number of allylic oxidation sites excluding steroid dienone is 2. The molecule has 0 bridgehead atoms. The molecule has 0 aromatic carbocycles. The van der Waals surface area contributed by atoms with Crippen LogP contribution in [0.4, 0.5) is 0 Å². The van der Waals surface area contributed by atoms with Gasteiger partial charge in [-0.3, -0.25) is 9.59 Å². The quantitative estimate of drug-likeness (QED) is 0.535. The number of ketones is 2. The molecule has 11 heavy (non-hydrogen) atoms. The molecule has 0 amide bonds. The van der Waals surface area contributed by atoms with Crippen LogP contribution < -0.4 is 0 Å². The van der Waals surface area contributed by atoms with Crippen LogP contribution in [-0.2, 0) is 9.59 Å². The molecule has 0 saturated heterocycles. The smallest absolute Gasteiger partial charge is 0.166 e. The Bertz CT molecular complexity index is 214. The van der Waals surface area contributed by atoms with Gasteiger partial charge in [0.2, 0.25) is 0 Å². The molecular formula is C9H12O2. The zero-order valence-electron chi connectivity index (χ0n) is 6.72. The summed E-state index contributed by atoms with van der Waals surface area (Å²) in [7, 11) is 0. The van der Waals surface area contributed by atoms with Crippen molar-refractivity contribution in [1.82, 2.24) is 0 Å². The molecule has 0 unspecified atom stereocenters. The second-order valence-corrected chi connectivity index (χ2v) is 2.84. The Balaban J connectivity index is 2.79. The number of rotatable bonds is 1. The van der Waals surface area contributed by atoms with Crippen LogP contribution in [0.1, 0.15) is 32.6 Å². The van der Waals surface area contributed by atoms with Crippen LogP contribution in [-0.4, -0.2) is 11.6 Å². The van der Waals surface area contributed by atoms with Crippen molar-refractivity contribution >= 4 is 11.6 Å². The topological polar surface area (TPSA) is 34.1 Å². The lowest BCUT2D eigenvalue weighted by Gasteiger charge is -1.96. The minimum Gasteiger partial charge on any atom is -0.294 e. The van der Waals surface area contributed by atoms with E-state index in [2.05, 4.69) is 0 Å². The van der Waals surface area contributed by atoms with E-state index >= 15 is 0 Å². The number of carbonyl (C=O) groups excluding carboxylic acids is 2. The van der Waals surface area contributed by atoms with Gasteiger partial charge in [0.1, 0.15) is 0 Å². The van der Waals surface area contributed by atoms with Crippen LogP contribution >= 0.6 is 0 Å². The van der Waals surface area contributed by atoms with Crippen molar-refractivity contribution in [3.8, 4) is 0 Å². The molecule has 0 aromatic rings. The average Bonchev–Trinajstić information content (AvgIpc) is 2.13. The number of Topliss-reactive ketones (excluding diaryl/α,β-unsaturated/α-hetero) is 2. The molecule has 0 fully saturated rings. The zero-order valence-corrected chi connectivity index (χ0v) is 6.72. The summed E-state index contributed by atoms with van der Waals surface area (Å²) in [5.74, 6) is -0.0631. The maximum atomic E-state index is 11.2. The van der Waals surface area contributed by atoms with Crippen LogP contribution in [0.25, 0.3) is 0 Å². The summed E-state index contributed by atoms with van der Waals surface area (Å²) in [5, 5.41) is 0. The summed E-state index contributed by atoms with van der Waals surface area (Å²) in [5.41, 5.74) is 0.419. The van der Waals surface area contributed by atoms with E-state index in [1.54, 1.807) is 6.08 Å². The van der Waals surface area contributed by atoms with Gasteiger partial charge in [0, 0.05) is 6.42 Å². The van der Waals surface area contributed by atoms with E-state index in [0.29, 0.717) is 12.0 Å². The molecule has 1 aliphatic carbocycles. The summed E-state index contributed by atoms with van der Waals surface area (Å²) < 4.78 is 0. The Morgan fingerprint density at radius 1 is 1.45 bits per heavy atom. The van der Waals surface area contributed by atoms with Gasteiger partial charge in [-0.25, -0.2) is 0 Å². The Morgan fingerprint density at radius 2 is 2.18 bits per heavy atom. The summed E-state index contributed by atoms with van der Waals surface area (Å²) in [6.45, 7) is 1.45. The van der Waals surface area contributed by atoms with Gasteiger partial charge in [0.25, 0.3) is 0 Å². The molecule has 0 N–H and O–H groups in total. The van der Waals surface area contributed by atoms with Crippen LogP contribution in [0.15, 0.2) is 11.6 Å². The first-order chi connectivity index (χ1) is 5.22. The molecular weight excluding hydrogens is 140 g/mol. The highest BCUT2D eigenvalue weighted by Gasteiger charge is 2.15. The molecule has 2 heteroatoms. The first kappa shape index (κ1) is 8.18. The van der Waals surface area contributed by atoms with Crippen molar-refractivity contribution in [2.24, 2.45) is 0 Å². The molecule has 0 heterocycles. The Hall–Kier alpha value is -0.920. The highest BCUT2D eigenvalue weighted by Crippen LogP contribution is 2.14. The summed E-state index contributed by atoms with van der Waals surface area (Å²) >= 11 is 0. The average molecular weight is 152 g/mol. The maximum absolute atomic E-state index is 11.2. The van der Waals surface area contributed by atoms with Gasteiger partial charge >= 0.3 is 0 Å². The van der Waals surface area contributed by atoms with E-state index in [-0.39, 0.29) is 11.6 Å². The van der Waals surface area contributed by atoms with Gasteiger partial charge in [-0.05, 0) is 26.2 Å². The molecule has 0 radical (unpaired) electrons. The lowest BCUT2D eigenvalue weighted by Crippen LogP contribution is -2.08. The highest BCUT2D eigenvalue weighted by molar-refractivity contribution is 6.19. The maximum Gasteiger partial charge on any atom is 0.166 e. The van der Waals surface area contributed by atoms with E-state index in [1.165, 1.54) is 6.92 Å². The second kappa shape index (κ2) is 3.46. The van der Waals surface area contributed by atoms with Gasteiger partial charge in [-0.2, -0.15) is 0 Å². The first-order valence-electron chi connectivity index (χ1n) is 3.96. The fraction of sp³-hybridized carbons (Fsp3) is 0.556. The summed E-state index contributed by atoms with van der Waals surface area (Å²) in [4.78, 5) is 22.0. The molecule has 2 nitrogen and oxygen atoms in total. The number of hydrogen-bond donors (Lipinski definition) is 0. The zero-order chi connectivity index (χ0) is 8.27. The third kappa shape index (κ3) is 2.00.